The van der Waals surface area contributed by atoms with Crippen molar-refractivity contribution in [1.29, 1.82) is 0 Å². The quantitative estimate of drug-likeness (QED) is 0.672. The zero-order valence-electron chi connectivity index (χ0n) is 9.36. The average molecular weight is 312 g/mol. The minimum Gasteiger partial charge on any atom is -0.457 e. The van der Waals surface area contributed by atoms with Gasteiger partial charge in [0.1, 0.15) is 11.5 Å². The fourth-order valence-corrected chi connectivity index (χ4v) is 2.54. The summed E-state index contributed by atoms with van der Waals surface area (Å²) in [5.41, 5.74) is 0.970. The number of halogens is 2. The highest BCUT2D eigenvalue weighted by Gasteiger charge is 2.13. The van der Waals surface area contributed by atoms with Crippen LogP contribution in [0, 0.1) is 0 Å². The fourth-order valence-electron chi connectivity index (χ4n) is 1.61. The van der Waals surface area contributed by atoms with Crippen LogP contribution < -0.4 is 4.74 Å². The minimum absolute atomic E-state index is 0.148. The van der Waals surface area contributed by atoms with Gasteiger partial charge in [-0.05, 0) is 31.2 Å². The molecule has 0 heterocycles. The Morgan fingerprint density at radius 2 is 1.76 bits per heavy atom. The number of rotatable bonds is 3. The Bertz CT molecular complexity index is 497. The molecule has 0 radical (unpaired) electrons. The third-order valence-electron chi connectivity index (χ3n) is 2.38. The van der Waals surface area contributed by atoms with E-state index in [1.165, 1.54) is 0 Å². The average Bonchev–Trinajstić information content (AvgIpc) is 2.30. The van der Waals surface area contributed by atoms with Gasteiger partial charge >= 0.3 is 0 Å². The van der Waals surface area contributed by atoms with Gasteiger partial charge < -0.3 is 4.74 Å². The largest absolute Gasteiger partial charge is 0.457 e. The molecule has 0 aliphatic rings. The maximum Gasteiger partial charge on any atom is 0.133 e. The predicted molar refractivity (Wildman–Crippen MR) is 75.3 cm³/mol. The van der Waals surface area contributed by atoms with Crippen molar-refractivity contribution in [3.63, 3.8) is 0 Å². The molecule has 0 saturated carbocycles. The topological polar surface area (TPSA) is 9.23 Å². The monoisotopic (exact) mass is 310 g/mol. The molecule has 17 heavy (non-hydrogen) atoms. The van der Waals surface area contributed by atoms with E-state index in [0.29, 0.717) is 5.02 Å². The summed E-state index contributed by atoms with van der Waals surface area (Å²) in [7, 11) is 0. The molecule has 1 atom stereocenters. The van der Waals surface area contributed by atoms with Crippen LogP contribution >= 0.6 is 27.5 Å². The molecule has 0 bridgehead atoms. The first-order valence-corrected chi connectivity index (χ1v) is 6.63. The second-order valence-electron chi connectivity index (χ2n) is 3.68. The van der Waals surface area contributed by atoms with E-state index >= 15 is 0 Å². The Labute approximate surface area is 115 Å². The van der Waals surface area contributed by atoms with E-state index < -0.39 is 0 Å². The zero-order valence-corrected chi connectivity index (χ0v) is 11.7. The van der Waals surface area contributed by atoms with Gasteiger partial charge in [-0.1, -0.05) is 51.8 Å². The molecular weight excluding hydrogens is 300 g/mol. The van der Waals surface area contributed by atoms with Crippen molar-refractivity contribution in [3.05, 3.63) is 59.1 Å². The molecule has 0 aliphatic heterocycles. The molecule has 0 spiro atoms. The van der Waals surface area contributed by atoms with Crippen LogP contribution in [0.5, 0.6) is 11.5 Å². The van der Waals surface area contributed by atoms with Crippen molar-refractivity contribution in [2.45, 2.75) is 11.8 Å². The van der Waals surface area contributed by atoms with Crippen LogP contribution in [0.2, 0.25) is 5.02 Å². The van der Waals surface area contributed by atoms with Gasteiger partial charge in [-0.3, -0.25) is 0 Å². The number of ether oxygens (including phenoxy) is 1. The maximum absolute atomic E-state index is 6.18. The third-order valence-corrected chi connectivity index (χ3v) is 3.17. The van der Waals surface area contributed by atoms with E-state index in [0.717, 1.165) is 17.1 Å². The summed E-state index contributed by atoms with van der Waals surface area (Å²) in [6.07, 6.45) is 0. The van der Waals surface area contributed by atoms with Gasteiger partial charge in [-0.25, -0.2) is 0 Å². The third kappa shape index (κ3) is 3.02. The standard InChI is InChI=1S/C14H12BrClO/c1-10(15)14-12(16)8-5-9-13(14)17-11-6-3-2-4-7-11/h2-10H,1H3. The van der Waals surface area contributed by atoms with E-state index in [1.807, 2.05) is 55.5 Å². The highest BCUT2D eigenvalue weighted by molar-refractivity contribution is 9.09. The lowest BCUT2D eigenvalue weighted by atomic mass is 10.1. The molecule has 0 saturated heterocycles. The number of para-hydroxylation sites is 1. The summed E-state index contributed by atoms with van der Waals surface area (Å²) in [6, 6.07) is 15.4. The normalized spacial score (nSPS) is 12.2. The van der Waals surface area contributed by atoms with Crippen LogP contribution in [0.3, 0.4) is 0 Å². The molecule has 0 aromatic heterocycles. The van der Waals surface area contributed by atoms with Crippen molar-refractivity contribution in [3.8, 4) is 11.5 Å². The first-order chi connectivity index (χ1) is 8.18. The summed E-state index contributed by atoms with van der Waals surface area (Å²) < 4.78 is 5.84. The molecule has 1 unspecified atom stereocenters. The van der Waals surface area contributed by atoms with E-state index in [1.54, 1.807) is 0 Å². The molecular formula is C14H12BrClO. The van der Waals surface area contributed by atoms with Crippen molar-refractivity contribution in [2.75, 3.05) is 0 Å². The molecule has 88 valence electrons. The number of benzene rings is 2. The van der Waals surface area contributed by atoms with Gasteiger partial charge in [0.15, 0.2) is 0 Å². The van der Waals surface area contributed by atoms with Crippen LogP contribution in [-0.2, 0) is 0 Å². The zero-order chi connectivity index (χ0) is 12.3. The smallest absolute Gasteiger partial charge is 0.133 e. The molecule has 0 N–H and O–H groups in total. The lowest BCUT2D eigenvalue weighted by Crippen LogP contribution is -1.93. The highest BCUT2D eigenvalue weighted by Crippen LogP contribution is 2.38. The van der Waals surface area contributed by atoms with Gasteiger partial charge in [0.05, 0.1) is 0 Å². The Morgan fingerprint density at radius 1 is 1.06 bits per heavy atom. The molecule has 2 aromatic rings. The van der Waals surface area contributed by atoms with Gasteiger partial charge in [-0.2, -0.15) is 0 Å². The lowest BCUT2D eigenvalue weighted by molar-refractivity contribution is 0.477. The van der Waals surface area contributed by atoms with Crippen LogP contribution in [-0.4, -0.2) is 0 Å². The number of hydrogen-bond donors (Lipinski definition) is 0. The van der Waals surface area contributed by atoms with Crippen molar-refractivity contribution in [2.24, 2.45) is 0 Å². The van der Waals surface area contributed by atoms with Gasteiger partial charge in [0, 0.05) is 15.4 Å². The Morgan fingerprint density at radius 3 is 2.41 bits per heavy atom. The molecule has 2 rings (SSSR count). The van der Waals surface area contributed by atoms with Crippen molar-refractivity contribution < 1.29 is 4.74 Å². The summed E-state index contributed by atoms with van der Waals surface area (Å²) >= 11 is 9.71. The van der Waals surface area contributed by atoms with Crippen LogP contribution in [0.1, 0.15) is 17.3 Å². The molecule has 0 amide bonds. The minimum atomic E-state index is 0.148. The first kappa shape index (κ1) is 12.5. The maximum atomic E-state index is 6.18. The number of alkyl halides is 1. The van der Waals surface area contributed by atoms with Gasteiger partial charge in [-0.15, -0.1) is 0 Å². The summed E-state index contributed by atoms with van der Waals surface area (Å²) in [5.74, 6) is 1.59. The van der Waals surface area contributed by atoms with Crippen molar-refractivity contribution >= 4 is 27.5 Å². The molecule has 2 aromatic carbocycles. The Balaban J connectivity index is 2.36. The second kappa shape index (κ2) is 5.56. The SMILES string of the molecule is CC(Br)c1c(Cl)cccc1Oc1ccccc1. The van der Waals surface area contributed by atoms with Crippen LogP contribution in [0.25, 0.3) is 0 Å². The summed E-state index contributed by atoms with van der Waals surface area (Å²) in [6.45, 7) is 2.03. The van der Waals surface area contributed by atoms with Crippen LogP contribution in [0.15, 0.2) is 48.5 Å². The van der Waals surface area contributed by atoms with Gasteiger partial charge in [0.2, 0.25) is 0 Å². The van der Waals surface area contributed by atoms with E-state index in [-0.39, 0.29) is 4.83 Å². The molecule has 0 aliphatic carbocycles. The van der Waals surface area contributed by atoms with E-state index in [4.69, 9.17) is 16.3 Å². The van der Waals surface area contributed by atoms with E-state index in [9.17, 15) is 0 Å². The Kier molecular flexibility index (Phi) is 4.08. The lowest BCUT2D eigenvalue weighted by Gasteiger charge is -2.14. The first-order valence-electron chi connectivity index (χ1n) is 5.34. The molecule has 1 nitrogen and oxygen atoms in total. The van der Waals surface area contributed by atoms with Gasteiger partial charge in [0.25, 0.3) is 0 Å². The fraction of sp³-hybridized carbons (Fsp3) is 0.143. The van der Waals surface area contributed by atoms with Crippen LogP contribution in [0.4, 0.5) is 0 Å². The molecule has 0 fully saturated rings. The summed E-state index contributed by atoms with van der Waals surface area (Å²) in [4.78, 5) is 0.148. The van der Waals surface area contributed by atoms with Crippen molar-refractivity contribution in [1.82, 2.24) is 0 Å². The van der Waals surface area contributed by atoms with E-state index in [2.05, 4.69) is 15.9 Å². The second-order valence-corrected chi connectivity index (χ2v) is 5.46. The number of hydrogen-bond acceptors (Lipinski definition) is 1. The Hall–Kier alpha value is -0.990. The summed E-state index contributed by atoms with van der Waals surface area (Å²) in [5, 5.41) is 0.711. The predicted octanol–water partition coefficient (Wildman–Crippen LogP) is 5.59. The molecule has 3 heteroatoms. The highest BCUT2D eigenvalue weighted by atomic mass is 79.9.